The molecule has 1 atom stereocenters. The van der Waals surface area contributed by atoms with Crippen molar-refractivity contribution in [2.75, 3.05) is 7.05 Å². The van der Waals surface area contributed by atoms with E-state index in [0.29, 0.717) is 6.04 Å². The van der Waals surface area contributed by atoms with Crippen LogP contribution in [0.25, 0.3) is 0 Å². The van der Waals surface area contributed by atoms with Crippen LogP contribution in [0.15, 0.2) is 0 Å². The van der Waals surface area contributed by atoms with Crippen LogP contribution in [0.2, 0.25) is 0 Å². The van der Waals surface area contributed by atoms with Crippen LogP contribution in [0.5, 0.6) is 0 Å². The summed E-state index contributed by atoms with van der Waals surface area (Å²) in [5.41, 5.74) is 1.23. The van der Waals surface area contributed by atoms with Crippen molar-refractivity contribution < 1.29 is 0 Å². The summed E-state index contributed by atoms with van der Waals surface area (Å²) in [4.78, 5) is 6.03. The molecule has 1 fully saturated rings. The molecule has 1 N–H and O–H groups in total. The average Bonchev–Trinajstić information content (AvgIpc) is 2.62. The number of rotatable bonds is 3. The lowest BCUT2D eigenvalue weighted by Crippen LogP contribution is -2.28. The van der Waals surface area contributed by atoms with E-state index in [0.717, 1.165) is 11.8 Å². The number of nitrogens with zero attached hydrogens (tertiary/aromatic N) is 1. The van der Waals surface area contributed by atoms with Gasteiger partial charge in [0.15, 0.2) is 0 Å². The third-order valence-corrected chi connectivity index (χ3v) is 5.22. The van der Waals surface area contributed by atoms with Gasteiger partial charge in [0.2, 0.25) is 0 Å². The molecular weight excluding hydrogens is 228 g/mol. The van der Waals surface area contributed by atoms with E-state index in [1.807, 2.05) is 11.3 Å². The molecule has 0 aromatic carbocycles. The second kappa shape index (κ2) is 5.49. The predicted molar refractivity (Wildman–Crippen MR) is 74.5 cm³/mol. The summed E-state index contributed by atoms with van der Waals surface area (Å²) in [7, 11) is 2.09. The van der Waals surface area contributed by atoms with Gasteiger partial charge in [-0.2, -0.15) is 0 Å². The van der Waals surface area contributed by atoms with E-state index >= 15 is 0 Å². The van der Waals surface area contributed by atoms with Crippen LogP contribution in [0, 0.1) is 25.7 Å². The topological polar surface area (TPSA) is 24.9 Å². The van der Waals surface area contributed by atoms with Gasteiger partial charge in [-0.15, -0.1) is 11.3 Å². The molecule has 0 aliphatic heterocycles. The normalized spacial score (nSPS) is 27.1. The number of hydrogen-bond acceptors (Lipinski definition) is 3. The van der Waals surface area contributed by atoms with Gasteiger partial charge in [0, 0.05) is 10.9 Å². The Morgan fingerprint density at radius 2 is 1.88 bits per heavy atom. The molecule has 0 spiro atoms. The highest BCUT2D eigenvalue weighted by molar-refractivity contribution is 7.11. The van der Waals surface area contributed by atoms with Crippen molar-refractivity contribution in [2.24, 2.45) is 11.8 Å². The first-order chi connectivity index (χ1) is 8.11. The molecule has 2 rings (SSSR count). The number of hydrogen-bond donors (Lipinski definition) is 1. The zero-order valence-electron chi connectivity index (χ0n) is 11.4. The van der Waals surface area contributed by atoms with E-state index in [1.54, 1.807) is 0 Å². The highest BCUT2D eigenvalue weighted by Crippen LogP contribution is 2.39. The maximum absolute atomic E-state index is 4.57. The molecule has 96 valence electrons. The molecule has 0 amide bonds. The fourth-order valence-corrected chi connectivity index (χ4v) is 4.17. The predicted octanol–water partition coefficient (Wildman–Crippen LogP) is 3.85. The molecule has 0 radical (unpaired) electrons. The number of nitrogens with one attached hydrogen (secondary N) is 1. The summed E-state index contributed by atoms with van der Waals surface area (Å²) in [6.07, 6.45) is 5.51. The van der Waals surface area contributed by atoms with Crippen molar-refractivity contribution in [2.45, 2.75) is 52.5 Å². The van der Waals surface area contributed by atoms with Crippen molar-refractivity contribution in [3.05, 3.63) is 15.6 Å². The average molecular weight is 252 g/mol. The molecule has 1 saturated carbocycles. The van der Waals surface area contributed by atoms with Crippen molar-refractivity contribution >= 4 is 11.3 Å². The molecule has 1 unspecified atom stereocenters. The van der Waals surface area contributed by atoms with Gasteiger partial charge in [0.05, 0.1) is 10.7 Å². The SMILES string of the molecule is CNC(c1sc(C)nc1C)C1CCC(C)CC1. The van der Waals surface area contributed by atoms with Gasteiger partial charge in [0.1, 0.15) is 0 Å². The van der Waals surface area contributed by atoms with E-state index in [9.17, 15) is 0 Å². The van der Waals surface area contributed by atoms with Crippen LogP contribution in [-0.2, 0) is 0 Å². The van der Waals surface area contributed by atoms with E-state index in [2.05, 4.69) is 38.1 Å². The minimum absolute atomic E-state index is 0.522. The summed E-state index contributed by atoms with van der Waals surface area (Å²) in [6, 6.07) is 0.522. The van der Waals surface area contributed by atoms with Gasteiger partial charge >= 0.3 is 0 Å². The smallest absolute Gasteiger partial charge is 0.0900 e. The third-order valence-electron chi connectivity index (χ3n) is 4.06. The number of aryl methyl sites for hydroxylation is 2. The molecule has 2 nitrogen and oxygen atoms in total. The Morgan fingerprint density at radius 1 is 1.24 bits per heavy atom. The maximum atomic E-state index is 4.57. The summed E-state index contributed by atoms with van der Waals surface area (Å²) in [5, 5.41) is 4.72. The minimum Gasteiger partial charge on any atom is -0.312 e. The third kappa shape index (κ3) is 2.89. The first kappa shape index (κ1) is 13.0. The van der Waals surface area contributed by atoms with Crippen LogP contribution < -0.4 is 5.32 Å². The molecule has 0 bridgehead atoms. The number of aromatic nitrogens is 1. The second-order valence-corrected chi connectivity index (χ2v) is 6.70. The van der Waals surface area contributed by atoms with E-state index in [-0.39, 0.29) is 0 Å². The van der Waals surface area contributed by atoms with Gasteiger partial charge in [-0.05, 0) is 45.6 Å². The summed E-state index contributed by atoms with van der Waals surface area (Å²) in [5.74, 6) is 1.72. The summed E-state index contributed by atoms with van der Waals surface area (Å²) in [6.45, 7) is 6.64. The van der Waals surface area contributed by atoms with Gasteiger partial charge in [0.25, 0.3) is 0 Å². The second-order valence-electron chi connectivity index (χ2n) is 5.47. The molecule has 17 heavy (non-hydrogen) atoms. The quantitative estimate of drug-likeness (QED) is 0.884. The highest BCUT2D eigenvalue weighted by atomic mass is 32.1. The summed E-state index contributed by atoms with van der Waals surface area (Å²) < 4.78 is 0. The molecule has 1 aliphatic rings. The lowest BCUT2D eigenvalue weighted by atomic mass is 9.78. The minimum atomic E-state index is 0.522. The van der Waals surface area contributed by atoms with Gasteiger partial charge in [-0.1, -0.05) is 19.8 Å². The van der Waals surface area contributed by atoms with E-state index in [4.69, 9.17) is 0 Å². The Bertz CT molecular complexity index is 364. The molecule has 1 aliphatic carbocycles. The highest BCUT2D eigenvalue weighted by Gasteiger charge is 2.28. The van der Waals surface area contributed by atoms with Crippen LogP contribution >= 0.6 is 11.3 Å². The first-order valence-corrected chi connectivity index (χ1v) is 7.54. The van der Waals surface area contributed by atoms with Crippen molar-refractivity contribution in [1.82, 2.24) is 10.3 Å². The fraction of sp³-hybridized carbons (Fsp3) is 0.786. The van der Waals surface area contributed by atoms with E-state index < -0.39 is 0 Å². The van der Waals surface area contributed by atoms with E-state index in [1.165, 1.54) is 41.3 Å². The fourth-order valence-electron chi connectivity index (χ4n) is 3.04. The van der Waals surface area contributed by atoms with Crippen molar-refractivity contribution in [1.29, 1.82) is 0 Å². The van der Waals surface area contributed by atoms with Crippen LogP contribution in [0.4, 0.5) is 0 Å². The summed E-state index contributed by atoms with van der Waals surface area (Å²) >= 11 is 1.87. The van der Waals surface area contributed by atoms with Crippen LogP contribution in [-0.4, -0.2) is 12.0 Å². The standard InChI is InChI=1S/C14H24N2S/c1-9-5-7-12(8-6-9)13(15-4)14-10(2)16-11(3)17-14/h9,12-13,15H,5-8H2,1-4H3. The Balaban J connectivity index is 2.13. The van der Waals surface area contributed by atoms with Crippen LogP contribution in [0.1, 0.15) is 54.2 Å². The van der Waals surface area contributed by atoms with Crippen molar-refractivity contribution in [3.8, 4) is 0 Å². The van der Waals surface area contributed by atoms with Gasteiger partial charge in [-0.3, -0.25) is 0 Å². The molecule has 1 aromatic heterocycles. The zero-order chi connectivity index (χ0) is 12.4. The lowest BCUT2D eigenvalue weighted by molar-refractivity contribution is 0.239. The largest absolute Gasteiger partial charge is 0.312 e. The zero-order valence-corrected chi connectivity index (χ0v) is 12.2. The van der Waals surface area contributed by atoms with Crippen molar-refractivity contribution in [3.63, 3.8) is 0 Å². The molecule has 1 heterocycles. The Kier molecular flexibility index (Phi) is 4.21. The Morgan fingerprint density at radius 3 is 2.35 bits per heavy atom. The van der Waals surface area contributed by atoms with Gasteiger partial charge in [-0.25, -0.2) is 4.98 Å². The maximum Gasteiger partial charge on any atom is 0.0900 e. The molecule has 1 aromatic rings. The Labute approximate surface area is 109 Å². The Hall–Kier alpha value is -0.410. The molecular formula is C14H24N2S. The number of thiazole rings is 1. The molecule has 3 heteroatoms. The first-order valence-electron chi connectivity index (χ1n) is 6.73. The lowest BCUT2D eigenvalue weighted by Gasteiger charge is -2.32. The molecule has 0 saturated heterocycles. The van der Waals surface area contributed by atoms with Crippen LogP contribution in [0.3, 0.4) is 0 Å². The monoisotopic (exact) mass is 252 g/mol. The van der Waals surface area contributed by atoms with Gasteiger partial charge < -0.3 is 5.32 Å².